The lowest BCUT2D eigenvalue weighted by Gasteiger charge is -2.09. The monoisotopic (exact) mass is 357 g/mol. The number of halogens is 3. The molecule has 0 spiro atoms. The van der Waals surface area contributed by atoms with Gasteiger partial charge in [0.1, 0.15) is 11.7 Å². The maximum atomic E-state index is 13.0. The first kappa shape index (κ1) is 14.2. The zero-order valence-corrected chi connectivity index (χ0v) is 12.5. The molecular weight excluding hydrogens is 353 g/mol. The van der Waals surface area contributed by atoms with E-state index in [0.717, 1.165) is 6.07 Å². The topological polar surface area (TPSA) is 40.9 Å². The van der Waals surface area contributed by atoms with Gasteiger partial charge in [0, 0.05) is 9.50 Å². The molecule has 19 heavy (non-hydrogen) atoms. The molecule has 1 heterocycles. The summed E-state index contributed by atoms with van der Waals surface area (Å²) >= 11 is 10.4. The summed E-state index contributed by atoms with van der Waals surface area (Å²) in [5, 5.41) is 11.0. The van der Waals surface area contributed by atoms with Crippen LogP contribution in [0.3, 0.4) is 0 Å². The first-order valence-corrected chi connectivity index (χ1v) is 7.21. The van der Waals surface area contributed by atoms with Crippen molar-refractivity contribution in [3.05, 3.63) is 55.4 Å². The largest absolute Gasteiger partial charge is 0.291 e. The number of rotatable bonds is 3. The van der Waals surface area contributed by atoms with Crippen molar-refractivity contribution < 1.29 is 9.18 Å². The number of carbonyl (C=O) groups excluding carboxylic acids is 1. The molecule has 0 aliphatic rings. The van der Waals surface area contributed by atoms with Crippen LogP contribution < -0.4 is 0 Å². The Morgan fingerprint density at radius 1 is 1.47 bits per heavy atom. The Hall–Kier alpha value is -1.22. The molecular formula is C13H6BrClFNOS. The Bertz CT molecular complexity index is 680. The van der Waals surface area contributed by atoms with Gasteiger partial charge < -0.3 is 0 Å². The third-order valence-corrected chi connectivity index (χ3v) is 4.69. The van der Waals surface area contributed by atoms with Crippen LogP contribution in [0, 0.1) is 17.1 Å². The minimum Gasteiger partial charge on any atom is -0.291 e. The standard InChI is InChI=1S/C13H6BrClFNOS/c14-10-3-4-19-13(10)12(18)9(6-17)8-2-1-7(16)5-11(8)15/h1-5,9H. The highest BCUT2D eigenvalue weighted by molar-refractivity contribution is 9.10. The molecule has 0 bridgehead atoms. The van der Waals surface area contributed by atoms with Gasteiger partial charge in [-0.25, -0.2) is 4.39 Å². The predicted octanol–water partition coefficient (Wildman–Crippen LogP) is 4.79. The minimum atomic E-state index is -1.04. The van der Waals surface area contributed by atoms with Crippen LogP contribution in [0.2, 0.25) is 5.02 Å². The molecule has 2 aromatic rings. The van der Waals surface area contributed by atoms with Crippen LogP contribution in [0.5, 0.6) is 0 Å². The van der Waals surface area contributed by atoms with Gasteiger partial charge in [-0.3, -0.25) is 4.79 Å². The fraction of sp³-hybridized carbons (Fsp3) is 0.0769. The third-order valence-electron chi connectivity index (χ3n) is 2.51. The molecule has 1 unspecified atom stereocenters. The van der Waals surface area contributed by atoms with E-state index in [1.807, 2.05) is 6.07 Å². The molecule has 0 radical (unpaired) electrons. The van der Waals surface area contributed by atoms with E-state index in [1.54, 1.807) is 11.4 Å². The zero-order chi connectivity index (χ0) is 14.0. The molecule has 0 N–H and O–H groups in total. The molecule has 1 atom stereocenters. The Kier molecular flexibility index (Phi) is 4.35. The maximum absolute atomic E-state index is 13.0. The molecule has 1 aromatic heterocycles. The number of hydrogen-bond acceptors (Lipinski definition) is 3. The second kappa shape index (κ2) is 5.83. The van der Waals surface area contributed by atoms with E-state index in [1.165, 1.54) is 23.5 Å². The number of nitrogens with zero attached hydrogens (tertiary/aromatic N) is 1. The molecule has 0 fully saturated rings. The lowest BCUT2D eigenvalue weighted by molar-refractivity contribution is 0.0982. The second-order valence-corrected chi connectivity index (χ2v) is 5.87. The molecule has 6 heteroatoms. The number of carbonyl (C=O) groups is 1. The van der Waals surface area contributed by atoms with E-state index in [2.05, 4.69) is 15.9 Å². The number of hydrogen-bond donors (Lipinski definition) is 0. The van der Waals surface area contributed by atoms with E-state index >= 15 is 0 Å². The second-order valence-electron chi connectivity index (χ2n) is 3.69. The molecule has 0 aliphatic carbocycles. The van der Waals surface area contributed by atoms with Crippen LogP contribution in [-0.4, -0.2) is 5.78 Å². The van der Waals surface area contributed by atoms with Crippen LogP contribution in [0.25, 0.3) is 0 Å². The van der Waals surface area contributed by atoms with Gasteiger partial charge in [-0.15, -0.1) is 11.3 Å². The third kappa shape index (κ3) is 2.86. The summed E-state index contributed by atoms with van der Waals surface area (Å²) in [7, 11) is 0. The summed E-state index contributed by atoms with van der Waals surface area (Å²) in [4.78, 5) is 12.8. The van der Waals surface area contributed by atoms with Gasteiger partial charge in [-0.2, -0.15) is 5.26 Å². The van der Waals surface area contributed by atoms with E-state index in [-0.39, 0.29) is 10.8 Å². The average molecular weight is 359 g/mol. The van der Waals surface area contributed by atoms with Crippen molar-refractivity contribution in [3.8, 4) is 6.07 Å². The molecule has 0 aliphatic heterocycles. The summed E-state index contributed by atoms with van der Waals surface area (Å²) in [5.74, 6) is -1.89. The fourth-order valence-corrected chi connectivity index (χ4v) is 3.42. The average Bonchev–Trinajstić information content (AvgIpc) is 2.78. The Morgan fingerprint density at radius 2 is 2.21 bits per heavy atom. The van der Waals surface area contributed by atoms with Crippen LogP contribution >= 0.6 is 38.9 Å². The van der Waals surface area contributed by atoms with Crippen molar-refractivity contribution in [1.82, 2.24) is 0 Å². The summed E-state index contributed by atoms with van der Waals surface area (Å²) in [6, 6.07) is 7.30. The van der Waals surface area contributed by atoms with Crippen LogP contribution in [0.4, 0.5) is 4.39 Å². The van der Waals surface area contributed by atoms with Gasteiger partial charge in [0.2, 0.25) is 0 Å². The first-order valence-electron chi connectivity index (χ1n) is 5.16. The van der Waals surface area contributed by atoms with Crippen molar-refractivity contribution in [2.45, 2.75) is 5.92 Å². The molecule has 0 saturated carbocycles. The van der Waals surface area contributed by atoms with Crippen molar-refractivity contribution in [2.75, 3.05) is 0 Å². The summed E-state index contributed by atoms with van der Waals surface area (Å²) in [6.07, 6.45) is 0. The smallest absolute Gasteiger partial charge is 0.195 e. The quantitative estimate of drug-likeness (QED) is 0.740. The number of thiophene rings is 1. The highest BCUT2D eigenvalue weighted by atomic mass is 79.9. The molecule has 2 rings (SSSR count). The maximum Gasteiger partial charge on any atom is 0.195 e. The van der Waals surface area contributed by atoms with E-state index in [9.17, 15) is 14.4 Å². The molecule has 2 nitrogen and oxygen atoms in total. The highest BCUT2D eigenvalue weighted by Gasteiger charge is 2.26. The van der Waals surface area contributed by atoms with Crippen molar-refractivity contribution >= 4 is 44.7 Å². The van der Waals surface area contributed by atoms with Crippen molar-refractivity contribution in [3.63, 3.8) is 0 Å². The minimum absolute atomic E-state index is 0.0765. The van der Waals surface area contributed by atoms with Crippen LogP contribution in [-0.2, 0) is 0 Å². The predicted molar refractivity (Wildman–Crippen MR) is 76.1 cm³/mol. The molecule has 96 valence electrons. The Morgan fingerprint density at radius 3 is 2.74 bits per heavy atom. The van der Waals surface area contributed by atoms with Gasteiger partial charge in [0.15, 0.2) is 5.78 Å². The number of benzene rings is 1. The number of nitriles is 1. The Balaban J connectivity index is 2.44. The lowest BCUT2D eigenvalue weighted by Crippen LogP contribution is -2.11. The van der Waals surface area contributed by atoms with Crippen LogP contribution in [0.1, 0.15) is 21.2 Å². The van der Waals surface area contributed by atoms with Crippen LogP contribution in [0.15, 0.2) is 34.1 Å². The Labute approximate surface area is 126 Å². The highest BCUT2D eigenvalue weighted by Crippen LogP contribution is 2.32. The number of ketones is 1. The zero-order valence-electron chi connectivity index (χ0n) is 9.36. The molecule has 1 aromatic carbocycles. The molecule has 0 amide bonds. The fourth-order valence-electron chi connectivity index (χ4n) is 1.61. The lowest BCUT2D eigenvalue weighted by atomic mass is 9.95. The van der Waals surface area contributed by atoms with Gasteiger partial charge in [0.05, 0.1) is 10.9 Å². The number of Topliss-reactive ketones (excluding diaryl/α,β-unsaturated/α-hetero) is 1. The van der Waals surface area contributed by atoms with Gasteiger partial charge in [0.25, 0.3) is 0 Å². The first-order chi connectivity index (χ1) is 9.04. The molecule has 0 saturated heterocycles. The summed E-state index contributed by atoms with van der Waals surface area (Å²) in [6.45, 7) is 0. The SMILES string of the molecule is N#CC(C(=O)c1sccc1Br)c1ccc(F)cc1Cl. The van der Waals surface area contributed by atoms with Gasteiger partial charge in [-0.1, -0.05) is 17.7 Å². The van der Waals surface area contributed by atoms with E-state index < -0.39 is 11.7 Å². The van der Waals surface area contributed by atoms with Crippen molar-refractivity contribution in [2.24, 2.45) is 0 Å². The summed E-state index contributed by atoms with van der Waals surface area (Å²) in [5.41, 5.74) is 0.316. The normalized spacial score (nSPS) is 11.9. The van der Waals surface area contributed by atoms with Crippen molar-refractivity contribution in [1.29, 1.82) is 5.26 Å². The summed E-state index contributed by atoms with van der Waals surface area (Å²) < 4.78 is 13.6. The van der Waals surface area contributed by atoms with E-state index in [4.69, 9.17) is 11.6 Å². The van der Waals surface area contributed by atoms with Gasteiger partial charge >= 0.3 is 0 Å². The van der Waals surface area contributed by atoms with Gasteiger partial charge in [-0.05, 0) is 45.1 Å². The van der Waals surface area contributed by atoms with E-state index in [0.29, 0.717) is 14.9 Å².